The first kappa shape index (κ1) is 19.8. The van der Waals surface area contributed by atoms with Crippen molar-refractivity contribution >= 4 is 23.0 Å². The lowest BCUT2D eigenvalue weighted by Gasteiger charge is -2.38. The van der Waals surface area contributed by atoms with E-state index in [4.69, 9.17) is 17.0 Å². The topological polar surface area (TPSA) is 36.5 Å². The third-order valence-corrected chi connectivity index (χ3v) is 5.27. The fourth-order valence-corrected chi connectivity index (χ4v) is 3.93. The summed E-state index contributed by atoms with van der Waals surface area (Å²) in [5.74, 6) is 0. The average Bonchev–Trinajstić information content (AvgIpc) is 2.66. The van der Waals surface area contributed by atoms with Gasteiger partial charge < -0.3 is 15.4 Å². The summed E-state index contributed by atoms with van der Waals surface area (Å²) in [5, 5.41) is 7.53. The molecule has 0 aliphatic carbocycles. The normalized spacial score (nSPS) is 17.1. The summed E-state index contributed by atoms with van der Waals surface area (Å²) < 4.78 is 5.55. The fourth-order valence-electron chi connectivity index (χ4n) is 3.64. The van der Waals surface area contributed by atoms with Gasteiger partial charge in [0.1, 0.15) is 0 Å². The van der Waals surface area contributed by atoms with Gasteiger partial charge in [-0.25, -0.2) is 0 Å². The van der Waals surface area contributed by atoms with E-state index in [1.54, 1.807) is 0 Å². The molecule has 2 aromatic carbocycles. The van der Waals surface area contributed by atoms with E-state index in [0.29, 0.717) is 5.11 Å². The van der Waals surface area contributed by atoms with E-state index in [1.807, 2.05) is 0 Å². The van der Waals surface area contributed by atoms with Crippen LogP contribution < -0.4 is 10.6 Å². The lowest BCUT2D eigenvalue weighted by Crippen LogP contribution is -2.49. The van der Waals surface area contributed by atoms with Crippen LogP contribution in [0.4, 0.5) is 5.69 Å². The standard InChI is InChI=1S/C22H29N3OS/c1-16-9-10-17(2)20(15-16)24-22(27)23-18(3)21(19-7-5-4-6-8-19)25-11-13-26-14-12-25/h4-10,15,18,21H,11-14H2,1-3H3,(H2,23,24,27)/t18-,21+/m0/s1. The second kappa shape index (κ2) is 9.31. The molecule has 0 amide bonds. The maximum atomic E-state index is 5.62. The Morgan fingerprint density at radius 1 is 1.07 bits per heavy atom. The molecule has 0 aromatic heterocycles. The van der Waals surface area contributed by atoms with Crippen LogP contribution in [0.2, 0.25) is 0 Å². The molecule has 0 unspecified atom stereocenters. The Kier molecular flexibility index (Phi) is 6.83. The number of ether oxygens (including phenoxy) is 1. The van der Waals surface area contributed by atoms with Gasteiger partial charge in [0.05, 0.1) is 19.3 Å². The van der Waals surface area contributed by atoms with Gasteiger partial charge in [-0.3, -0.25) is 4.90 Å². The van der Waals surface area contributed by atoms with Crippen molar-refractivity contribution in [3.05, 3.63) is 65.2 Å². The highest BCUT2D eigenvalue weighted by Gasteiger charge is 2.28. The number of nitrogens with zero attached hydrogens (tertiary/aromatic N) is 1. The van der Waals surface area contributed by atoms with Gasteiger partial charge in [0, 0.05) is 24.8 Å². The Labute approximate surface area is 167 Å². The van der Waals surface area contributed by atoms with Crippen molar-refractivity contribution < 1.29 is 4.74 Å². The van der Waals surface area contributed by atoms with Crippen LogP contribution >= 0.6 is 12.2 Å². The summed E-state index contributed by atoms with van der Waals surface area (Å²) in [6.45, 7) is 9.81. The summed E-state index contributed by atoms with van der Waals surface area (Å²) >= 11 is 5.62. The molecule has 0 bridgehead atoms. The first-order valence-corrected chi connectivity index (χ1v) is 9.97. The van der Waals surface area contributed by atoms with Crippen LogP contribution in [-0.2, 0) is 4.74 Å². The Balaban J connectivity index is 1.72. The first-order chi connectivity index (χ1) is 13.0. The van der Waals surface area contributed by atoms with Gasteiger partial charge in [0.2, 0.25) is 0 Å². The summed E-state index contributed by atoms with van der Waals surface area (Å²) in [6, 6.07) is 17.4. The largest absolute Gasteiger partial charge is 0.379 e. The molecule has 1 heterocycles. The predicted molar refractivity (Wildman–Crippen MR) is 116 cm³/mol. The van der Waals surface area contributed by atoms with Gasteiger partial charge >= 0.3 is 0 Å². The van der Waals surface area contributed by atoms with Crippen LogP contribution in [-0.4, -0.2) is 42.4 Å². The van der Waals surface area contributed by atoms with Gasteiger partial charge in [-0.2, -0.15) is 0 Å². The number of anilines is 1. The van der Waals surface area contributed by atoms with Crippen molar-refractivity contribution in [1.29, 1.82) is 0 Å². The maximum Gasteiger partial charge on any atom is 0.171 e. The fraction of sp³-hybridized carbons (Fsp3) is 0.409. The lowest BCUT2D eigenvalue weighted by atomic mass is 9.98. The second-order valence-corrected chi connectivity index (χ2v) is 7.62. The maximum absolute atomic E-state index is 5.62. The molecule has 5 heteroatoms. The predicted octanol–water partition coefficient (Wildman–Crippen LogP) is 4.05. The summed E-state index contributed by atoms with van der Waals surface area (Å²) in [4.78, 5) is 2.48. The molecule has 1 saturated heterocycles. The molecule has 1 aliphatic rings. The number of hydrogen-bond donors (Lipinski definition) is 2. The zero-order valence-electron chi connectivity index (χ0n) is 16.4. The van der Waals surface area contributed by atoms with E-state index in [1.165, 1.54) is 16.7 Å². The zero-order chi connectivity index (χ0) is 19.2. The highest BCUT2D eigenvalue weighted by Crippen LogP contribution is 2.25. The SMILES string of the molecule is Cc1ccc(C)c(NC(=S)N[C@@H](C)[C@H](c2ccccc2)N2CCOCC2)c1. The molecule has 0 saturated carbocycles. The summed E-state index contributed by atoms with van der Waals surface area (Å²) in [6.07, 6.45) is 0. The molecule has 3 rings (SSSR count). The molecule has 27 heavy (non-hydrogen) atoms. The summed E-state index contributed by atoms with van der Waals surface area (Å²) in [7, 11) is 0. The van der Waals surface area contributed by atoms with Gasteiger partial charge in [0.25, 0.3) is 0 Å². The minimum Gasteiger partial charge on any atom is -0.379 e. The monoisotopic (exact) mass is 383 g/mol. The van der Waals surface area contributed by atoms with Crippen molar-refractivity contribution in [2.45, 2.75) is 32.9 Å². The van der Waals surface area contributed by atoms with E-state index in [0.717, 1.165) is 32.0 Å². The van der Waals surface area contributed by atoms with Gasteiger partial charge in [-0.05, 0) is 55.7 Å². The molecule has 144 valence electrons. The number of benzene rings is 2. The molecular formula is C22H29N3OS. The van der Waals surface area contributed by atoms with E-state index < -0.39 is 0 Å². The number of nitrogens with one attached hydrogen (secondary N) is 2. The van der Waals surface area contributed by atoms with Crippen molar-refractivity contribution in [3.8, 4) is 0 Å². The first-order valence-electron chi connectivity index (χ1n) is 9.56. The molecule has 2 N–H and O–H groups in total. The Bertz CT molecular complexity index is 759. The molecule has 4 nitrogen and oxygen atoms in total. The van der Waals surface area contributed by atoms with Gasteiger partial charge in [0.15, 0.2) is 5.11 Å². The smallest absolute Gasteiger partial charge is 0.171 e. The minimum atomic E-state index is 0.163. The van der Waals surface area contributed by atoms with E-state index >= 15 is 0 Å². The number of morpholine rings is 1. The molecule has 2 atom stereocenters. The van der Waals surface area contributed by atoms with Crippen molar-refractivity contribution in [2.75, 3.05) is 31.6 Å². The van der Waals surface area contributed by atoms with E-state index in [9.17, 15) is 0 Å². The van der Waals surface area contributed by atoms with Gasteiger partial charge in [-0.15, -0.1) is 0 Å². The second-order valence-electron chi connectivity index (χ2n) is 7.21. The van der Waals surface area contributed by atoms with Gasteiger partial charge in [-0.1, -0.05) is 42.5 Å². The number of aryl methyl sites for hydroxylation is 2. The van der Waals surface area contributed by atoms with Crippen molar-refractivity contribution in [3.63, 3.8) is 0 Å². The molecule has 0 radical (unpaired) electrons. The lowest BCUT2D eigenvalue weighted by molar-refractivity contribution is 0.0102. The zero-order valence-corrected chi connectivity index (χ0v) is 17.2. The molecular weight excluding hydrogens is 354 g/mol. The van der Waals surface area contributed by atoms with Crippen LogP contribution in [0.3, 0.4) is 0 Å². The average molecular weight is 384 g/mol. The third kappa shape index (κ3) is 5.28. The van der Waals surface area contributed by atoms with Crippen LogP contribution in [0.5, 0.6) is 0 Å². The molecule has 1 fully saturated rings. The molecule has 1 aliphatic heterocycles. The Morgan fingerprint density at radius 3 is 2.48 bits per heavy atom. The number of thiocarbonyl (C=S) groups is 1. The molecule has 0 spiro atoms. The van der Waals surface area contributed by atoms with E-state index in [2.05, 4.69) is 84.8 Å². The quantitative estimate of drug-likeness (QED) is 0.762. The van der Waals surface area contributed by atoms with Crippen LogP contribution in [0, 0.1) is 13.8 Å². The van der Waals surface area contributed by atoms with Crippen LogP contribution in [0.25, 0.3) is 0 Å². The van der Waals surface area contributed by atoms with Crippen molar-refractivity contribution in [2.24, 2.45) is 0 Å². The van der Waals surface area contributed by atoms with Crippen molar-refractivity contribution in [1.82, 2.24) is 10.2 Å². The highest BCUT2D eigenvalue weighted by molar-refractivity contribution is 7.80. The summed E-state index contributed by atoms with van der Waals surface area (Å²) in [5.41, 5.74) is 4.76. The minimum absolute atomic E-state index is 0.163. The van der Waals surface area contributed by atoms with E-state index in [-0.39, 0.29) is 12.1 Å². The van der Waals surface area contributed by atoms with Crippen LogP contribution in [0.1, 0.15) is 29.7 Å². The Morgan fingerprint density at radius 2 is 1.78 bits per heavy atom. The Hall–Kier alpha value is -1.95. The van der Waals surface area contributed by atoms with Crippen LogP contribution in [0.15, 0.2) is 48.5 Å². The number of hydrogen-bond acceptors (Lipinski definition) is 3. The highest BCUT2D eigenvalue weighted by atomic mass is 32.1. The number of rotatable bonds is 5. The third-order valence-electron chi connectivity index (χ3n) is 5.05. The molecule has 2 aromatic rings.